The van der Waals surface area contributed by atoms with Crippen LogP contribution in [0.4, 0.5) is 0 Å². The number of rotatable bonds is 3. The van der Waals surface area contributed by atoms with Crippen molar-refractivity contribution in [2.75, 3.05) is 13.1 Å². The van der Waals surface area contributed by atoms with Crippen LogP contribution >= 0.6 is 0 Å². The number of piperidine rings is 1. The van der Waals surface area contributed by atoms with Gasteiger partial charge in [0.1, 0.15) is 0 Å². The van der Waals surface area contributed by atoms with E-state index in [9.17, 15) is 4.79 Å². The van der Waals surface area contributed by atoms with E-state index in [1.165, 1.54) is 11.1 Å². The second-order valence-corrected chi connectivity index (χ2v) is 5.83. The number of nitrogens with zero attached hydrogens (tertiary/aromatic N) is 1. The summed E-state index contributed by atoms with van der Waals surface area (Å²) in [7, 11) is 0. The van der Waals surface area contributed by atoms with E-state index in [1.54, 1.807) is 0 Å². The van der Waals surface area contributed by atoms with Crippen molar-refractivity contribution < 1.29 is 4.79 Å². The number of amides is 1. The summed E-state index contributed by atoms with van der Waals surface area (Å²) in [5.74, 6) is 0.761. The molecule has 2 rings (SSSR count). The van der Waals surface area contributed by atoms with E-state index in [0.717, 1.165) is 25.9 Å². The lowest BCUT2D eigenvalue weighted by Gasteiger charge is -2.35. The molecule has 0 aromatic heterocycles. The van der Waals surface area contributed by atoms with Gasteiger partial charge in [-0.3, -0.25) is 4.79 Å². The summed E-state index contributed by atoms with van der Waals surface area (Å²) in [6.07, 6.45) is 2.44. The van der Waals surface area contributed by atoms with Gasteiger partial charge in [-0.15, -0.1) is 0 Å². The van der Waals surface area contributed by atoms with Crippen LogP contribution in [-0.2, 0) is 11.2 Å². The molecular weight excluding hydrogens is 236 g/mol. The highest BCUT2D eigenvalue weighted by Crippen LogP contribution is 2.17. The first-order valence-electron chi connectivity index (χ1n) is 7.14. The molecule has 1 aromatic rings. The first kappa shape index (κ1) is 14.1. The lowest BCUT2D eigenvalue weighted by Crippen LogP contribution is -2.48. The van der Waals surface area contributed by atoms with Gasteiger partial charge in [0, 0.05) is 25.6 Å². The van der Waals surface area contributed by atoms with E-state index in [0.29, 0.717) is 12.3 Å². The maximum Gasteiger partial charge on any atom is 0.222 e. The van der Waals surface area contributed by atoms with Gasteiger partial charge in [0.15, 0.2) is 0 Å². The number of hydrogen-bond acceptors (Lipinski definition) is 2. The molecule has 3 heteroatoms. The van der Waals surface area contributed by atoms with Gasteiger partial charge in [0.05, 0.1) is 0 Å². The Kier molecular flexibility index (Phi) is 4.59. The molecule has 1 heterocycles. The zero-order valence-electron chi connectivity index (χ0n) is 11.9. The number of carbonyl (C=O) groups excluding carboxylic acids is 1. The molecule has 2 N–H and O–H groups in total. The van der Waals surface area contributed by atoms with Crippen molar-refractivity contribution in [1.29, 1.82) is 0 Å². The first-order valence-corrected chi connectivity index (χ1v) is 7.14. The fourth-order valence-electron chi connectivity index (χ4n) is 2.89. The van der Waals surface area contributed by atoms with Gasteiger partial charge in [-0.1, -0.05) is 31.2 Å². The van der Waals surface area contributed by atoms with Crippen molar-refractivity contribution in [3.63, 3.8) is 0 Å². The fraction of sp³-hybridized carbons (Fsp3) is 0.562. The molecule has 0 bridgehead atoms. The van der Waals surface area contributed by atoms with Crippen molar-refractivity contribution in [2.24, 2.45) is 11.7 Å². The van der Waals surface area contributed by atoms with Crippen LogP contribution in [0.1, 0.15) is 30.9 Å². The Bertz CT molecular complexity index is 434. The molecule has 1 aliphatic rings. The predicted octanol–water partition coefficient (Wildman–Crippen LogP) is 2.12. The van der Waals surface area contributed by atoms with Gasteiger partial charge in [-0.05, 0) is 36.8 Å². The van der Waals surface area contributed by atoms with Crippen molar-refractivity contribution in [3.8, 4) is 0 Å². The van der Waals surface area contributed by atoms with Crippen LogP contribution in [0.2, 0.25) is 0 Å². The highest BCUT2D eigenvalue weighted by molar-refractivity contribution is 5.76. The molecule has 104 valence electrons. The average molecular weight is 260 g/mol. The van der Waals surface area contributed by atoms with E-state index < -0.39 is 0 Å². The molecule has 1 saturated heterocycles. The number of aryl methyl sites for hydroxylation is 2. The van der Waals surface area contributed by atoms with E-state index in [1.807, 2.05) is 17.0 Å². The SMILES string of the molecule is Cc1ccccc1CCC(=O)N1CC(C)CC(N)C1. The van der Waals surface area contributed by atoms with Gasteiger partial charge in [0.2, 0.25) is 5.91 Å². The lowest BCUT2D eigenvalue weighted by molar-refractivity contribution is -0.133. The molecule has 1 aromatic carbocycles. The van der Waals surface area contributed by atoms with Gasteiger partial charge in [-0.25, -0.2) is 0 Å². The number of likely N-dealkylation sites (tertiary alicyclic amines) is 1. The van der Waals surface area contributed by atoms with E-state index in [-0.39, 0.29) is 11.9 Å². The number of benzene rings is 1. The summed E-state index contributed by atoms with van der Waals surface area (Å²) >= 11 is 0. The minimum Gasteiger partial charge on any atom is -0.341 e. The number of hydrogen-bond donors (Lipinski definition) is 1. The van der Waals surface area contributed by atoms with Crippen LogP contribution in [-0.4, -0.2) is 29.9 Å². The van der Waals surface area contributed by atoms with Gasteiger partial charge >= 0.3 is 0 Å². The monoisotopic (exact) mass is 260 g/mol. The van der Waals surface area contributed by atoms with Crippen LogP contribution in [0.15, 0.2) is 24.3 Å². The molecule has 2 unspecified atom stereocenters. The van der Waals surface area contributed by atoms with Crippen LogP contribution in [0.3, 0.4) is 0 Å². The molecule has 1 amide bonds. The standard InChI is InChI=1S/C16H24N2O/c1-12-9-15(17)11-18(10-12)16(19)8-7-14-6-4-3-5-13(14)2/h3-6,12,15H,7-11,17H2,1-2H3. The number of carbonyl (C=O) groups is 1. The molecule has 2 atom stereocenters. The predicted molar refractivity (Wildman–Crippen MR) is 77.8 cm³/mol. The normalized spacial score (nSPS) is 23.4. The van der Waals surface area contributed by atoms with E-state index in [2.05, 4.69) is 26.0 Å². The quantitative estimate of drug-likeness (QED) is 0.905. The van der Waals surface area contributed by atoms with Gasteiger partial charge < -0.3 is 10.6 Å². The Morgan fingerprint density at radius 2 is 2.11 bits per heavy atom. The van der Waals surface area contributed by atoms with E-state index >= 15 is 0 Å². The molecule has 0 radical (unpaired) electrons. The fourth-order valence-corrected chi connectivity index (χ4v) is 2.89. The molecular formula is C16H24N2O. The maximum atomic E-state index is 12.2. The Labute approximate surface area is 115 Å². The van der Waals surface area contributed by atoms with Crippen molar-refractivity contribution in [1.82, 2.24) is 4.90 Å². The van der Waals surface area contributed by atoms with Gasteiger partial charge in [0.25, 0.3) is 0 Å². The second-order valence-electron chi connectivity index (χ2n) is 5.83. The Morgan fingerprint density at radius 1 is 1.37 bits per heavy atom. The lowest BCUT2D eigenvalue weighted by atomic mass is 9.96. The third kappa shape index (κ3) is 3.80. The summed E-state index contributed by atoms with van der Waals surface area (Å²) in [5, 5.41) is 0. The van der Waals surface area contributed by atoms with Gasteiger partial charge in [-0.2, -0.15) is 0 Å². The molecule has 0 saturated carbocycles. The Hall–Kier alpha value is -1.35. The molecule has 3 nitrogen and oxygen atoms in total. The molecule has 1 aliphatic heterocycles. The Morgan fingerprint density at radius 3 is 2.79 bits per heavy atom. The maximum absolute atomic E-state index is 12.2. The Balaban J connectivity index is 1.89. The van der Waals surface area contributed by atoms with E-state index in [4.69, 9.17) is 5.73 Å². The van der Waals surface area contributed by atoms with Crippen LogP contribution in [0.5, 0.6) is 0 Å². The molecule has 19 heavy (non-hydrogen) atoms. The third-order valence-electron chi connectivity index (χ3n) is 3.91. The van der Waals surface area contributed by atoms with Crippen LogP contribution < -0.4 is 5.73 Å². The number of nitrogens with two attached hydrogens (primary N) is 1. The third-order valence-corrected chi connectivity index (χ3v) is 3.91. The summed E-state index contributed by atoms with van der Waals surface area (Å²) in [6.45, 7) is 5.84. The highest BCUT2D eigenvalue weighted by atomic mass is 16.2. The topological polar surface area (TPSA) is 46.3 Å². The van der Waals surface area contributed by atoms with Crippen LogP contribution in [0.25, 0.3) is 0 Å². The van der Waals surface area contributed by atoms with Crippen molar-refractivity contribution >= 4 is 5.91 Å². The molecule has 0 spiro atoms. The summed E-state index contributed by atoms with van der Waals surface area (Å²) in [6, 6.07) is 8.41. The smallest absolute Gasteiger partial charge is 0.222 e. The van der Waals surface area contributed by atoms with Crippen molar-refractivity contribution in [2.45, 2.75) is 39.2 Å². The average Bonchev–Trinajstić information content (AvgIpc) is 2.36. The minimum absolute atomic E-state index is 0.145. The largest absolute Gasteiger partial charge is 0.341 e. The highest BCUT2D eigenvalue weighted by Gasteiger charge is 2.25. The summed E-state index contributed by atoms with van der Waals surface area (Å²) in [4.78, 5) is 14.2. The summed E-state index contributed by atoms with van der Waals surface area (Å²) < 4.78 is 0. The summed E-state index contributed by atoms with van der Waals surface area (Å²) in [5.41, 5.74) is 8.52. The molecule has 0 aliphatic carbocycles. The minimum atomic E-state index is 0.145. The first-order chi connectivity index (χ1) is 9.06. The second kappa shape index (κ2) is 6.20. The van der Waals surface area contributed by atoms with Crippen LogP contribution in [0, 0.1) is 12.8 Å². The zero-order chi connectivity index (χ0) is 13.8. The zero-order valence-corrected chi connectivity index (χ0v) is 11.9. The molecule has 1 fully saturated rings. The van der Waals surface area contributed by atoms with Crippen molar-refractivity contribution in [3.05, 3.63) is 35.4 Å².